The molecule has 2 aliphatic heterocycles. The lowest BCUT2D eigenvalue weighted by molar-refractivity contribution is 0.254. The van der Waals surface area contributed by atoms with Gasteiger partial charge in [0.25, 0.3) is 0 Å². The highest BCUT2D eigenvalue weighted by atomic mass is 16.5. The van der Waals surface area contributed by atoms with Gasteiger partial charge in [0.1, 0.15) is 5.75 Å². The number of anilines is 3. The van der Waals surface area contributed by atoms with E-state index in [1.807, 2.05) is 25.1 Å². The molecule has 0 unspecified atom stereocenters. The van der Waals surface area contributed by atoms with Gasteiger partial charge in [0.2, 0.25) is 0 Å². The molecule has 2 heterocycles. The van der Waals surface area contributed by atoms with E-state index in [1.54, 1.807) is 0 Å². The monoisotopic (exact) mass is 429 g/mol. The van der Waals surface area contributed by atoms with Gasteiger partial charge < -0.3 is 19.3 Å². The molecule has 166 valence electrons. The average Bonchev–Trinajstić information content (AvgIpc) is 2.85. The van der Waals surface area contributed by atoms with Gasteiger partial charge in [-0.25, -0.2) is 0 Å². The van der Waals surface area contributed by atoms with Gasteiger partial charge in [-0.2, -0.15) is 0 Å². The van der Waals surface area contributed by atoms with Crippen molar-refractivity contribution < 1.29 is 9.47 Å². The maximum Gasteiger partial charge on any atom is 0.151 e. The lowest BCUT2D eigenvalue weighted by Crippen LogP contribution is -2.47. The second kappa shape index (κ2) is 9.53. The van der Waals surface area contributed by atoms with Crippen molar-refractivity contribution in [2.75, 3.05) is 55.7 Å². The molecule has 0 bridgehead atoms. The van der Waals surface area contributed by atoms with Crippen LogP contribution in [0.2, 0.25) is 0 Å². The van der Waals surface area contributed by atoms with E-state index < -0.39 is 0 Å². The number of ether oxygens (including phenoxy) is 2. The van der Waals surface area contributed by atoms with Gasteiger partial charge >= 0.3 is 0 Å². The molecule has 0 amide bonds. The number of benzene rings is 3. The van der Waals surface area contributed by atoms with Gasteiger partial charge in [-0.1, -0.05) is 36.4 Å². The van der Waals surface area contributed by atoms with Crippen molar-refractivity contribution in [1.82, 2.24) is 4.90 Å². The summed E-state index contributed by atoms with van der Waals surface area (Å²) >= 11 is 0. The van der Waals surface area contributed by atoms with E-state index in [2.05, 4.69) is 69.3 Å². The molecule has 0 saturated carbocycles. The number of hydrogen-bond acceptors (Lipinski definition) is 5. The van der Waals surface area contributed by atoms with Gasteiger partial charge in [0, 0.05) is 32.7 Å². The molecular formula is C27H31N3O2. The first-order valence-electron chi connectivity index (χ1n) is 11.7. The van der Waals surface area contributed by atoms with Gasteiger partial charge in [0.05, 0.1) is 23.7 Å². The average molecular weight is 430 g/mol. The number of fused-ring (bicyclic) bond motifs is 2. The smallest absolute Gasteiger partial charge is 0.151 e. The zero-order chi connectivity index (χ0) is 21.8. The predicted octanol–water partition coefficient (Wildman–Crippen LogP) is 5.54. The lowest BCUT2D eigenvalue weighted by Gasteiger charge is -2.37. The maximum absolute atomic E-state index is 6.12. The summed E-state index contributed by atoms with van der Waals surface area (Å²) in [7, 11) is 0. The minimum absolute atomic E-state index is 0.699. The van der Waals surface area contributed by atoms with Crippen LogP contribution in [0.3, 0.4) is 0 Å². The summed E-state index contributed by atoms with van der Waals surface area (Å²) in [6, 6.07) is 25.0. The van der Waals surface area contributed by atoms with Crippen LogP contribution in [0.5, 0.6) is 17.2 Å². The number of para-hydroxylation sites is 6. The molecule has 0 atom stereocenters. The van der Waals surface area contributed by atoms with Gasteiger partial charge in [-0.05, 0) is 56.3 Å². The number of piperazine rings is 1. The maximum atomic E-state index is 6.12. The molecule has 0 N–H and O–H groups in total. The standard InChI is InChI=1S/C27H31N3O2/c1-2-31-25-13-6-3-10-22(25)29-20-18-28(19-21-29)16-9-17-30-23-11-4-7-14-26(23)32-27-15-8-5-12-24(27)30/h3-8,10-15H,2,9,16-21H2,1H3. The molecule has 5 nitrogen and oxygen atoms in total. The van der Waals surface area contributed by atoms with Crippen LogP contribution in [0.1, 0.15) is 13.3 Å². The summed E-state index contributed by atoms with van der Waals surface area (Å²) in [5, 5.41) is 0. The number of nitrogens with zero attached hydrogens (tertiary/aromatic N) is 3. The molecule has 0 radical (unpaired) electrons. The van der Waals surface area contributed by atoms with Gasteiger partial charge in [-0.3, -0.25) is 4.90 Å². The first-order valence-corrected chi connectivity index (χ1v) is 11.7. The fraction of sp³-hybridized carbons (Fsp3) is 0.333. The summed E-state index contributed by atoms with van der Waals surface area (Å²) in [4.78, 5) is 7.44. The summed E-state index contributed by atoms with van der Waals surface area (Å²) < 4.78 is 12.0. The Hall–Kier alpha value is -3.18. The van der Waals surface area contributed by atoms with Crippen molar-refractivity contribution >= 4 is 17.1 Å². The molecule has 5 rings (SSSR count). The Morgan fingerprint density at radius 3 is 1.97 bits per heavy atom. The summed E-state index contributed by atoms with van der Waals surface area (Å²) in [6.45, 7) is 9.05. The first kappa shape index (κ1) is 20.7. The Kier molecular flexibility index (Phi) is 6.17. The molecule has 3 aromatic rings. The highest BCUT2D eigenvalue weighted by Crippen LogP contribution is 2.46. The molecule has 0 aliphatic carbocycles. The van der Waals surface area contributed by atoms with E-state index in [9.17, 15) is 0 Å². The third kappa shape index (κ3) is 4.26. The Balaban J connectivity index is 1.18. The van der Waals surface area contributed by atoms with Crippen molar-refractivity contribution in [3.63, 3.8) is 0 Å². The Morgan fingerprint density at radius 2 is 1.31 bits per heavy atom. The van der Waals surface area contributed by atoms with Crippen molar-refractivity contribution in [2.24, 2.45) is 0 Å². The van der Waals surface area contributed by atoms with E-state index in [0.717, 1.165) is 74.3 Å². The van der Waals surface area contributed by atoms with Gasteiger partial charge in [-0.15, -0.1) is 0 Å². The second-order valence-corrected chi connectivity index (χ2v) is 8.27. The van der Waals surface area contributed by atoms with Crippen LogP contribution >= 0.6 is 0 Å². The van der Waals surface area contributed by atoms with Crippen LogP contribution in [0, 0.1) is 0 Å². The van der Waals surface area contributed by atoms with E-state index in [0.29, 0.717) is 6.61 Å². The Labute approximate surface area is 190 Å². The largest absolute Gasteiger partial charge is 0.492 e. The number of rotatable bonds is 7. The number of hydrogen-bond donors (Lipinski definition) is 0. The van der Waals surface area contributed by atoms with E-state index in [1.165, 1.54) is 5.69 Å². The normalized spacial score (nSPS) is 15.7. The SMILES string of the molecule is CCOc1ccccc1N1CCN(CCCN2c3ccccc3Oc3ccccc32)CC1. The van der Waals surface area contributed by atoms with Crippen molar-refractivity contribution in [2.45, 2.75) is 13.3 Å². The fourth-order valence-electron chi connectivity index (χ4n) is 4.68. The van der Waals surface area contributed by atoms with Crippen molar-refractivity contribution in [1.29, 1.82) is 0 Å². The van der Waals surface area contributed by atoms with Crippen LogP contribution in [0.25, 0.3) is 0 Å². The molecule has 2 aliphatic rings. The summed E-state index contributed by atoms with van der Waals surface area (Å²) in [5.74, 6) is 2.87. The van der Waals surface area contributed by atoms with E-state index in [4.69, 9.17) is 9.47 Å². The third-order valence-electron chi connectivity index (χ3n) is 6.27. The predicted molar refractivity (Wildman–Crippen MR) is 131 cm³/mol. The highest BCUT2D eigenvalue weighted by Gasteiger charge is 2.24. The van der Waals surface area contributed by atoms with E-state index in [-0.39, 0.29) is 0 Å². The van der Waals surface area contributed by atoms with Crippen LogP contribution in [0.15, 0.2) is 72.8 Å². The van der Waals surface area contributed by atoms with Gasteiger partial charge in [0.15, 0.2) is 11.5 Å². The highest BCUT2D eigenvalue weighted by molar-refractivity contribution is 5.77. The molecule has 1 saturated heterocycles. The first-order chi connectivity index (χ1) is 15.8. The Morgan fingerprint density at radius 1 is 0.719 bits per heavy atom. The summed E-state index contributed by atoms with van der Waals surface area (Å²) in [6.07, 6.45) is 1.11. The molecule has 3 aromatic carbocycles. The quantitative estimate of drug-likeness (QED) is 0.492. The molecule has 1 fully saturated rings. The van der Waals surface area contributed by atoms with Crippen LogP contribution in [-0.2, 0) is 0 Å². The topological polar surface area (TPSA) is 28.2 Å². The second-order valence-electron chi connectivity index (χ2n) is 8.27. The van der Waals surface area contributed by atoms with Crippen LogP contribution < -0.4 is 19.3 Å². The Bertz CT molecular complexity index is 1000. The molecule has 32 heavy (non-hydrogen) atoms. The van der Waals surface area contributed by atoms with Crippen molar-refractivity contribution in [3.8, 4) is 17.2 Å². The molecule has 0 spiro atoms. The fourth-order valence-corrected chi connectivity index (χ4v) is 4.68. The minimum atomic E-state index is 0.699. The summed E-state index contributed by atoms with van der Waals surface area (Å²) in [5.41, 5.74) is 3.53. The lowest BCUT2D eigenvalue weighted by atomic mass is 10.1. The zero-order valence-corrected chi connectivity index (χ0v) is 18.7. The minimum Gasteiger partial charge on any atom is -0.492 e. The van der Waals surface area contributed by atoms with Crippen LogP contribution in [0.4, 0.5) is 17.1 Å². The zero-order valence-electron chi connectivity index (χ0n) is 18.7. The van der Waals surface area contributed by atoms with E-state index >= 15 is 0 Å². The van der Waals surface area contributed by atoms with Crippen molar-refractivity contribution in [3.05, 3.63) is 72.8 Å². The van der Waals surface area contributed by atoms with Crippen LogP contribution in [-0.4, -0.2) is 50.8 Å². The third-order valence-corrected chi connectivity index (χ3v) is 6.27. The molecule has 0 aromatic heterocycles. The molecular weight excluding hydrogens is 398 g/mol. The molecule has 5 heteroatoms.